The highest BCUT2D eigenvalue weighted by molar-refractivity contribution is 6.23. The van der Waals surface area contributed by atoms with Crippen LogP contribution in [0.4, 0.5) is 0 Å². The van der Waals surface area contributed by atoms with Crippen molar-refractivity contribution >= 4 is 32.3 Å². The smallest absolute Gasteiger partial charge is 0.100 e. The van der Waals surface area contributed by atoms with E-state index in [9.17, 15) is 0 Å². The summed E-state index contributed by atoms with van der Waals surface area (Å²) in [6, 6.07) is 20.3. The molecule has 2 heteroatoms. The fraction of sp³-hybridized carbons (Fsp3) is 0.217. The van der Waals surface area contributed by atoms with Crippen LogP contribution in [0, 0.1) is 0 Å². The van der Waals surface area contributed by atoms with Crippen LogP contribution >= 0.6 is 0 Å². The van der Waals surface area contributed by atoms with Gasteiger partial charge in [0.2, 0.25) is 0 Å². The summed E-state index contributed by atoms with van der Waals surface area (Å²) >= 11 is 0. The molecule has 1 unspecified atom stereocenters. The lowest BCUT2D eigenvalue weighted by molar-refractivity contribution is 0.165. The average molecular weight is 326 g/mol. The van der Waals surface area contributed by atoms with E-state index in [1.165, 1.54) is 37.9 Å². The van der Waals surface area contributed by atoms with E-state index in [1.54, 1.807) is 0 Å². The van der Waals surface area contributed by atoms with E-state index < -0.39 is 0 Å². The second-order valence-electron chi connectivity index (χ2n) is 7.11. The highest BCUT2D eigenvalue weighted by Gasteiger charge is 2.22. The van der Waals surface area contributed by atoms with Gasteiger partial charge in [0.25, 0.3) is 0 Å². The predicted molar refractivity (Wildman–Crippen MR) is 107 cm³/mol. The number of hydrogen-bond acceptors (Lipinski definition) is 2. The maximum Gasteiger partial charge on any atom is 0.100 e. The van der Waals surface area contributed by atoms with Gasteiger partial charge in [0.15, 0.2) is 0 Å². The van der Waals surface area contributed by atoms with Gasteiger partial charge in [-0.05, 0) is 44.3 Å². The Labute approximate surface area is 148 Å². The topological polar surface area (TPSA) is 6.48 Å². The summed E-state index contributed by atoms with van der Waals surface area (Å²) in [6.45, 7) is 3.21. The first-order valence-electron chi connectivity index (χ1n) is 9.07. The van der Waals surface area contributed by atoms with Crippen molar-refractivity contribution in [3.63, 3.8) is 0 Å². The van der Waals surface area contributed by atoms with Crippen LogP contribution in [-0.2, 0) is 6.54 Å². The molecule has 0 bridgehead atoms. The Balaban J connectivity index is 1.70. The SMILES string of the molecule is CCC1N(C)C=CN1Cc1ccc2ccc3cccc4ccc1c2c34. The molecular weight excluding hydrogens is 304 g/mol. The Morgan fingerprint density at radius 3 is 2.24 bits per heavy atom. The highest BCUT2D eigenvalue weighted by Crippen LogP contribution is 2.36. The third-order valence-electron chi connectivity index (χ3n) is 5.68. The summed E-state index contributed by atoms with van der Waals surface area (Å²) in [5.74, 6) is 0. The lowest BCUT2D eigenvalue weighted by Gasteiger charge is -2.30. The first-order valence-corrected chi connectivity index (χ1v) is 9.07. The molecule has 0 saturated heterocycles. The van der Waals surface area contributed by atoms with E-state index in [1.807, 2.05) is 0 Å². The number of nitrogens with zero attached hydrogens (tertiary/aromatic N) is 2. The lowest BCUT2D eigenvalue weighted by atomic mass is 9.92. The van der Waals surface area contributed by atoms with Crippen molar-refractivity contribution < 1.29 is 0 Å². The lowest BCUT2D eigenvalue weighted by Crippen LogP contribution is -2.35. The molecule has 0 amide bonds. The zero-order chi connectivity index (χ0) is 17.0. The van der Waals surface area contributed by atoms with Crippen LogP contribution < -0.4 is 0 Å². The Morgan fingerprint density at radius 2 is 1.48 bits per heavy atom. The van der Waals surface area contributed by atoms with Gasteiger partial charge in [-0.1, -0.05) is 61.5 Å². The molecule has 4 aromatic carbocycles. The fourth-order valence-electron chi connectivity index (χ4n) is 4.43. The zero-order valence-electron chi connectivity index (χ0n) is 14.7. The van der Waals surface area contributed by atoms with Crippen LogP contribution in [0.15, 0.2) is 67.0 Å². The van der Waals surface area contributed by atoms with E-state index in [4.69, 9.17) is 0 Å². The van der Waals surface area contributed by atoms with Crippen molar-refractivity contribution in [2.45, 2.75) is 26.1 Å². The largest absolute Gasteiger partial charge is 0.359 e. The first kappa shape index (κ1) is 14.6. The second kappa shape index (κ2) is 5.38. The molecule has 2 nitrogen and oxygen atoms in total. The minimum atomic E-state index is 0.457. The standard InChI is InChI=1S/C23H22N2/c1-3-21-24(2)13-14-25(21)15-19-10-9-18-8-7-16-5-4-6-17-11-12-20(19)23(18)22(16)17/h4-14,21H,3,15H2,1-2H3. The molecule has 1 aliphatic rings. The molecular formula is C23H22N2. The van der Waals surface area contributed by atoms with Crippen LogP contribution in [0.2, 0.25) is 0 Å². The normalized spacial score (nSPS) is 17.6. The number of rotatable bonds is 3. The predicted octanol–water partition coefficient (Wildman–Crippen LogP) is 5.54. The van der Waals surface area contributed by atoms with Crippen LogP contribution in [0.25, 0.3) is 32.3 Å². The van der Waals surface area contributed by atoms with E-state index in [-0.39, 0.29) is 0 Å². The van der Waals surface area contributed by atoms with Gasteiger partial charge in [0.1, 0.15) is 6.17 Å². The minimum absolute atomic E-state index is 0.457. The maximum atomic E-state index is 2.45. The molecule has 0 fully saturated rings. The van der Waals surface area contributed by atoms with E-state index >= 15 is 0 Å². The van der Waals surface area contributed by atoms with E-state index in [0.717, 1.165) is 13.0 Å². The van der Waals surface area contributed by atoms with Gasteiger partial charge in [-0.3, -0.25) is 0 Å². The zero-order valence-corrected chi connectivity index (χ0v) is 14.7. The van der Waals surface area contributed by atoms with Gasteiger partial charge in [-0.2, -0.15) is 0 Å². The Hall–Kier alpha value is -2.74. The average Bonchev–Trinajstić information content (AvgIpc) is 3.00. The molecule has 5 rings (SSSR count). The summed E-state index contributed by atoms with van der Waals surface area (Å²) in [6.07, 6.45) is 5.99. The van der Waals surface area contributed by atoms with Gasteiger partial charge in [0.05, 0.1) is 0 Å². The highest BCUT2D eigenvalue weighted by atomic mass is 15.4. The van der Waals surface area contributed by atoms with Crippen molar-refractivity contribution in [3.05, 3.63) is 72.6 Å². The summed E-state index contributed by atoms with van der Waals surface area (Å²) in [4.78, 5) is 4.75. The van der Waals surface area contributed by atoms with Gasteiger partial charge < -0.3 is 9.80 Å². The molecule has 4 aromatic rings. The Bertz CT molecular complexity index is 1080. The molecule has 0 aromatic heterocycles. The number of benzene rings is 4. The van der Waals surface area contributed by atoms with Gasteiger partial charge in [-0.15, -0.1) is 0 Å². The van der Waals surface area contributed by atoms with Crippen molar-refractivity contribution in [1.82, 2.24) is 9.80 Å². The Morgan fingerprint density at radius 1 is 0.800 bits per heavy atom. The minimum Gasteiger partial charge on any atom is -0.359 e. The quantitative estimate of drug-likeness (QED) is 0.456. The van der Waals surface area contributed by atoms with E-state index in [0.29, 0.717) is 6.17 Å². The molecule has 1 atom stereocenters. The summed E-state index contributed by atoms with van der Waals surface area (Å²) in [5.41, 5.74) is 1.41. The molecule has 124 valence electrons. The molecule has 1 heterocycles. The molecule has 0 aliphatic carbocycles. The van der Waals surface area contributed by atoms with Crippen molar-refractivity contribution in [3.8, 4) is 0 Å². The molecule has 0 spiro atoms. The maximum absolute atomic E-state index is 2.45. The molecule has 0 N–H and O–H groups in total. The second-order valence-corrected chi connectivity index (χ2v) is 7.11. The van der Waals surface area contributed by atoms with Crippen molar-refractivity contribution in [2.24, 2.45) is 0 Å². The van der Waals surface area contributed by atoms with Crippen molar-refractivity contribution in [1.29, 1.82) is 0 Å². The fourth-order valence-corrected chi connectivity index (χ4v) is 4.43. The molecule has 0 saturated carbocycles. The number of hydrogen-bond donors (Lipinski definition) is 0. The molecule has 0 radical (unpaired) electrons. The summed E-state index contributed by atoms with van der Waals surface area (Å²) in [7, 11) is 2.16. The molecule has 25 heavy (non-hydrogen) atoms. The monoisotopic (exact) mass is 326 g/mol. The third kappa shape index (κ3) is 2.10. The van der Waals surface area contributed by atoms with Gasteiger partial charge in [0, 0.05) is 26.0 Å². The van der Waals surface area contributed by atoms with Gasteiger partial charge >= 0.3 is 0 Å². The third-order valence-corrected chi connectivity index (χ3v) is 5.68. The van der Waals surface area contributed by atoms with E-state index in [2.05, 4.69) is 90.8 Å². The van der Waals surface area contributed by atoms with Crippen LogP contribution in [0.3, 0.4) is 0 Å². The van der Waals surface area contributed by atoms with Crippen molar-refractivity contribution in [2.75, 3.05) is 7.05 Å². The summed E-state index contributed by atoms with van der Waals surface area (Å²) < 4.78 is 0. The van der Waals surface area contributed by atoms with Crippen LogP contribution in [0.5, 0.6) is 0 Å². The van der Waals surface area contributed by atoms with Gasteiger partial charge in [-0.25, -0.2) is 0 Å². The first-order chi connectivity index (χ1) is 12.3. The van der Waals surface area contributed by atoms with Crippen LogP contribution in [-0.4, -0.2) is 23.0 Å². The Kier molecular flexibility index (Phi) is 3.14. The van der Waals surface area contributed by atoms with Crippen LogP contribution in [0.1, 0.15) is 18.9 Å². The summed E-state index contributed by atoms with van der Waals surface area (Å²) in [5, 5.41) is 8.21. The molecule has 1 aliphatic heterocycles.